The van der Waals surface area contributed by atoms with Crippen molar-refractivity contribution in [1.29, 1.82) is 0 Å². The summed E-state index contributed by atoms with van der Waals surface area (Å²) in [6, 6.07) is 0. The lowest BCUT2D eigenvalue weighted by Crippen LogP contribution is -2.30. The minimum Gasteiger partial charge on any atom is -0.390 e. The maximum absolute atomic E-state index is 10.2. The minimum atomic E-state index is -0.509. The number of rotatable bonds is 1. The maximum atomic E-state index is 10.2. The van der Waals surface area contributed by atoms with Crippen LogP contribution in [0.1, 0.15) is 59.8 Å². The van der Waals surface area contributed by atoms with Gasteiger partial charge in [0.15, 0.2) is 0 Å². The SMILES string of the molecule is CC1=C2CC(C(C)(C)O)CC[C@H](C)[C@@H]2CC1. The van der Waals surface area contributed by atoms with Crippen LogP contribution in [0.3, 0.4) is 0 Å². The van der Waals surface area contributed by atoms with Crippen molar-refractivity contribution >= 4 is 0 Å². The minimum absolute atomic E-state index is 0.461. The molecule has 0 aromatic heterocycles. The van der Waals surface area contributed by atoms with Gasteiger partial charge in [0.05, 0.1) is 5.60 Å². The van der Waals surface area contributed by atoms with E-state index in [9.17, 15) is 5.11 Å². The number of allylic oxidation sites excluding steroid dienone is 2. The molecule has 2 rings (SSSR count). The van der Waals surface area contributed by atoms with Gasteiger partial charge >= 0.3 is 0 Å². The molecule has 1 heteroatoms. The Morgan fingerprint density at radius 1 is 1.19 bits per heavy atom. The Balaban J connectivity index is 2.23. The van der Waals surface area contributed by atoms with Crippen molar-refractivity contribution in [3.63, 3.8) is 0 Å². The van der Waals surface area contributed by atoms with E-state index in [4.69, 9.17) is 0 Å². The van der Waals surface area contributed by atoms with Gasteiger partial charge in [-0.3, -0.25) is 0 Å². The first-order valence-corrected chi connectivity index (χ1v) is 6.80. The van der Waals surface area contributed by atoms with Crippen molar-refractivity contribution in [2.45, 2.75) is 65.4 Å². The fourth-order valence-electron chi connectivity index (χ4n) is 3.61. The van der Waals surface area contributed by atoms with E-state index in [1.54, 1.807) is 11.1 Å². The zero-order chi connectivity index (χ0) is 11.9. The first-order valence-electron chi connectivity index (χ1n) is 6.80. The predicted molar refractivity (Wildman–Crippen MR) is 68.2 cm³/mol. The highest BCUT2D eigenvalue weighted by molar-refractivity contribution is 5.23. The van der Waals surface area contributed by atoms with Crippen LogP contribution >= 0.6 is 0 Å². The Morgan fingerprint density at radius 2 is 1.88 bits per heavy atom. The van der Waals surface area contributed by atoms with Crippen LogP contribution in [0.15, 0.2) is 11.1 Å². The molecule has 1 N–H and O–H groups in total. The van der Waals surface area contributed by atoms with Crippen molar-refractivity contribution in [3.05, 3.63) is 11.1 Å². The fourth-order valence-corrected chi connectivity index (χ4v) is 3.61. The van der Waals surface area contributed by atoms with Crippen LogP contribution in [0, 0.1) is 17.8 Å². The highest BCUT2D eigenvalue weighted by Gasteiger charge is 2.37. The molecule has 0 aromatic carbocycles. The van der Waals surface area contributed by atoms with Gasteiger partial charge in [0.1, 0.15) is 0 Å². The van der Waals surface area contributed by atoms with Gasteiger partial charge in [-0.2, -0.15) is 0 Å². The summed E-state index contributed by atoms with van der Waals surface area (Å²) in [6.45, 7) is 8.66. The lowest BCUT2D eigenvalue weighted by molar-refractivity contribution is 0.0133. The second kappa shape index (κ2) is 4.18. The molecular formula is C15H26O. The Kier molecular flexibility index (Phi) is 3.18. The molecule has 0 bridgehead atoms. The summed E-state index contributed by atoms with van der Waals surface area (Å²) in [7, 11) is 0. The summed E-state index contributed by atoms with van der Waals surface area (Å²) < 4.78 is 0. The molecule has 92 valence electrons. The van der Waals surface area contributed by atoms with E-state index in [1.807, 2.05) is 13.8 Å². The van der Waals surface area contributed by atoms with E-state index >= 15 is 0 Å². The summed E-state index contributed by atoms with van der Waals surface area (Å²) in [5.74, 6) is 2.11. The Labute approximate surface area is 99.9 Å². The van der Waals surface area contributed by atoms with E-state index in [1.165, 1.54) is 25.7 Å². The van der Waals surface area contributed by atoms with Crippen LogP contribution in [-0.4, -0.2) is 10.7 Å². The van der Waals surface area contributed by atoms with E-state index < -0.39 is 5.60 Å². The second-order valence-electron chi connectivity index (χ2n) is 6.56. The average molecular weight is 222 g/mol. The number of aliphatic hydroxyl groups is 1. The molecule has 2 aliphatic carbocycles. The van der Waals surface area contributed by atoms with E-state index in [0.717, 1.165) is 18.3 Å². The first kappa shape index (κ1) is 12.2. The summed E-state index contributed by atoms with van der Waals surface area (Å²) in [6.07, 6.45) is 6.28. The van der Waals surface area contributed by atoms with E-state index in [0.29, 0.717) is 5.92 Å². The summed E-state index contributed by atoms with van der Waals surface area (Å²) in [4.78, 5) is 0. The van der Waals surface area contributed by atoms with E-state index in [2.05, 4.69) is 13.8 Å². The summed E-state index contributed by atoms with van der Waals surface area (Å²) >= 11 is 0. The highest BCUT2D eigenvalue weighted by Crippen LogP contribution is 2.46. The molecule has 0 amide bonds. The second-order valence-corrected chi connectivity index (χ2v) is 6.56. The van der Waals surface area contributed by atoms with Crippen molar-refractivity contribution in [3.8, 4) is 0 Å². The molecule has 3 atom stereocenters. The molecular weight excluding hydrogens is 196 g/mol. The van der Waals surface area contributed by atoms with Crippen LogP contribution in [0.4, 0.5) is 0 Å². The van der Waals surface area contributed by atoms with Crippen LogP contribution in [0.5, 0.6) is 0 Å². The van der Waals surface area contributed by atoms with Gasteiger partial charge in [0.2, 0.25) is 0 Å². The molecule has 0 radical (unpaired) electrons. The molecule has 0 spiro atoms. The van der Waals surface area contributed by atoms with Crippen molar-refractivity contribution < 1.29 is 5.11 Å². The molecule has 0 aliphatic heterocycles. The van der Waals surface area contributed by atoms with Gasteiger partial charge in [-0.15, -0.1) is 0 Å². The average Bonchev–Trinajstić information content (AvgIpc) is 2.42. The van der Waals surface area contributed by atoms with Crippen molar-refractivity contribution in [2.75, 3.05) is 0 Å². The van der Waals surface area contributed by atoms with E-state index in [-0.39, 0.29) is 0 Å². The smallest absolute Gasteiger partial charge is 0.0622 e. The highest BCUT2D eigenvalue weighted by atomic mass is 16.3. The van der Waals surface area contributed by atoms with Crippen LogP contribution in [-0.2, 0) is 0 Å². The largest absolute Gasteiger partial charge is 0.390 e. The molecule has 1 saturated carbocycles. The van der Waals surface area contributed by atoms with Gasteiger partial charge in [-0.05, 0) is 70.6 Å². The predicted octanol–water partition coefficient (Wildman–Crippen LogP) is 3.92. The molecule has 0 saturated heterocycles. The molecule has 0 heterocycles. The van der Waals surface area contributed by atoms with Gasteiger partial charge in [0.25, 0.3) is 0 Å². The number of hydrogen-bond donors (Lipinski definition) is 1. The van der Waals surface area contributed by atoms with Gasteiger partial charge in [0, 0.05) is 0 Å². The molecule has 2 aliphatic rings. The third-order valence-corrected chi connectivity index (χ3v) is 4.95. The zero-order valence-electron chi connectivity index (χ0n) is 11.2. The van der Waals surface area contributed by atoms with Crippen LogP contribution < -0.4 is 0 Å². The van der Waals surface area contributed by atoms with Gasteiger partial charge in [-0.1, -0.05) is 18.1 Å². The number of hydrogen-bond acceptors (Lipinski definition) is 1. The molecule has 16 heavy (non-hydrogen) atoms. The Morgan fingerprint density at radius 3 is 2.50 bits per heavy atom. The quantitative estimate of drug-likeness (QED) is 0.667. The van der Waals surface area contributed by atoms with Gasteiger partial charge < -0.3 is 5.11 Å². The summed E-state index contributed by atoms with van der Waals surface area (Å²) in [5.41, 5.74) is 2.80. The Bertz CT molecular complexity index is 295. The van der Waals surface area contributed by atoms with Gasteiger partial charge in [-0.25, -0.2) is 0 Å². The standard InChI is InChI=1S/C15H26O/c1-10-5-7-12(15(3,4)16)9-14-11(2)6-8-13(10)14/h10,12-13,16H,5-9H2,1-4H3/t10-,12?,13-/m0/s1. The first-order chi connectivity index (χ1) is 7.39. The topological polar surface area (TPSA) is 20.2 Å². The molecule has 0 aromatic rings. The van der Waals surface area contributed by atoms with Crippen molar-refractivity contribution in [1.82, 2.24) is 0 Å². The number of fused-ring (bicyclic) bond motifs is 1. The lowest BCUT2D eigenvalue weighted by Gasteiger charge is -2.29. The third-order valence-electron chi connectivity index (χ3n) is 4.95. The van der Waals surface area contributed by atoms with Crippen LogP contribution in [0.2, 0.25) is 0 Å². The lowest BCUT2D eigenvalue weighted by atomic mass is 9.82. The maximum Gasteiger partial charge on any atom is 0.0622 e. The third kappa shape index (κ3) is 2.20. The molecule has 1 fully saturated rings. The van der Waals surface area contributed by atoms with Crippen LogP contribution in [0.25, 0.3) is 0 Å². The monoisotopic (exact) mass is 222 g/mol. The fraction of sp³-hybridized carbons (Fsp3) is 0.867. The Hall–Kier alpha value is -0.300. The molecule has 1 nitrogen and oxygen atoms in total. The normalized spacial score (nSPS) is 36.2. The zero-order valence-corrected chi connectivity index (χ0v) is 11.2. The molecule has 1 unspecified atom stereocenters. The summed E-state index contributed by atoms with van der Waals surface area (Å²) in [5, 5.41) is 10.2. The van der Waals surface area contributed by atoms with Crippen molar-refractivity contribution in [2.24, 2.45) is 17.8 Å².